The van der Waals surface area contributed by atoms with Gasteiger partial charge in [-0.3, -0.25) is 0 Å². The third-order valence-electron chi connectivity index (χ3n) is 3.38. The normalized spacial score (nSPS) is 14.7. The Morgan fingerprint density at radius 2 is 1.90 bits per heavy atom. The number of hydrogen-bond donors (Lipinski definition) is 2. The highest BCUT2D eigenvalue weighted by Gasteiger charge is 2.38. The first-order valence-electron chi connectivity index (χ1n) is 6.87. The lowest BCUT2D eigenvalue weighted by molar-refractivity contribution is -0.166. The van der Waals surface area contributed by atoms with Crippen molar-refractivity contribution >= 4 is 18.6 Å². The van der Waals surface area contributed by atoms with Crippen molar-refractivity contribution in [3.63, 3.8) is 0 Å². The van der Waals surface area contributed by atoms with Gasteiger partial charge in [0.1, 0.15) is 6.61 Å². The maximum absolute atomic E-state index is 12.1. The van der Waals surface area contributed by atoms with Gasteiger partial charge in [0.2, 0.25) is 0 Å². The van der Waals surface area contributed by atoms with Crippen molar-refractivity contribution in [1.29, 1.82) is 0 Å². The molecule has 0 spiro atoms. The van der Waals surface area contributed by atoms with Crippen LogP contribution in [0.25, 0.3) is 0 Å². The summed E-state index contributed by atoms with van der Waals surface area (Å²) in [5, 5.41) is 10.7. The summed E-state index contributed by atoms with van der Waals surface area (Å²) in [5.74, 6) is -0.173. The first kappa shape index (κ1) is 17.1. The molecule has 0 aliphatic carbocycles. The van der Waals surface area contributed by atoms with Crippen molar-refractivity contribution in [2.24, 2.45) is 0 Å². The first-order chi connectivity index (χ1) is 9.25. The van der Waals surface area contributed by atoms with E-state index in [2.05, 4.69) is 33.4 Å². The van der Waals surface area contributed by atoms with Crippen molar-refractivity contribution in [2.45, 2.75) is 45.1 Å². The third-order valence-corrected chi connectivity index (χ3v) is 3.56. The molecule has 20 heavy (non-hydrogen) atoms. The molecule has 1 atom stereocenters. The minimum atomic E-state index is -1.59. The largest absolute Gasteiger partial charge is 0.462 e. The van der Waals surface area contributed by atoms with Gasteiger partial charge in [-0.05, 0) is 23.0 Å². The molecule has 4 heteroatoms. The Balaban J connectivity index is 3.14. The van der Waals surface area contributed by atoms with Gasteiger partial charge in [0.25, 0.3) is 0 Å². The van der Waals surface area contributed by atoms with Gasteiger partial charge >= 0.3 is 5.97 Å². The minimum Gasteiger partial charge on any atom is -0.462 e. The van der Waals surface area contributed by atoms with Crippen LogP contribution in [0.15, 0.2) is 24.3 Å². The molecule has 0 aliphatic rings. The zero-order valence-corrected chi connectivity index (χ0v) is 13.5. The molecule has 1 aromatic rings. The highest BCUT2D eigenvalue weighted by Crippen LogP contribution is 2.30. The number of carbonyl (C=O) groups is 1. The summed E-state index contributed by atoms with van der Waals surface area (Å²) in [6, 6.07) is 7.51. The fraction of sp³-hybridized carbons (Fsp3) is 0.562. The molecule has 0 heterocycles. The van der Waals surface area contributed by atoms with Crippen LogP contribution in [-0.4, -0.2) is 23.4 Å². The number of carbonyl (C=O) groups excluding carboxylic acids is 1. The van der Waals surface area contributed by atoms with Gasteiger partial charge in [0.05, 0.1) is 0 Å². The van der Waals surface area contributed by atoms with Gasteiger partial charge in [-0.1, -0.05) is 52.0 Å². The van der Waals surface area contributed by atoms with E-state index in [4.69, 9.17) is 4.74 Å². The summed E-state index contributed by atoms with van der Waals surface area (Å²) < 4.78 is 5.06. The molecule has 0 bridgehead atoms. The van der Waals surface area contributed by atoms with Crippen molar-refractivity contribution in [3.05, 3.63) is 35.4 Å². The maximum Gasteiger partial charge on any atom is 0.342 e. The topological polar surface area (TPSA) is 46.5 Å². The van der Waals surface area contributed by atoms with Gasteiger partial charge in [-0.25, -0.2) is 4.79 Å². The van der Waals surface area contributed by atoms with Crippen LogP contribution in [0, 0.1) is 0 Å². The SMILES string of the molecule is CCC(O)(C(=O)OCCS)c1cccc(C(C)(C)C)c1. The molecule has 0 amide bonds. The van der Waals surface area contributed by atoms with Crippen LogP contribution < -0.4 is 0 Å². The lowest BCUT2D eigenvalue weighted by Gasteiger charge is -2.27. The average molecular weight is 296 g/mol. The van der Waals surface area contributed by atoms with Gasteiger partial charge in [-0.15, -0.1) is 0 Å². The molecular weight excluding hydrogens is 272 g/mol. The summed E-state index contributed by atoms with van der Waals surface area (Å²) in [7, 11) is 0. The van der Waals surface area contributed by atoms with Gasteiger partial charge < -0.3 is 9.84 Å². The molecule has 0 saturated heterocycles. The van der Waals surface area contributed by atoms with Gasteiger partial charge in [0.15, 0.2) is 5.60 Å². The second-order valence-electron chi connectivity index (χ2n) is 5.90. The average Bonchev–Trinajstić information content (AvgIpc) is 2.43. The molecule has 1 rings (SSSR count). The Bertz CT molecular complexity index is 465. The van der Waals surface area contributed by atoms with Crippen LogP contribution >= 0.6 is 12.6 Å². The Labute approximate surface area is 126 Å². The predicted molar refractivity (Wildman–Crippen MR) is 84.1 cm³/mol. The predicted octanol–water partition coefficient (Wildman–Crippen LogP) is 3.05. The van der Waals surface area contributed by atoms with Gasteiger partial charge in [0, 0.05) is 5.75 Å². The summed E-state index contributed by atoms with van der Waals surface area (Å²) in [6.07, 6.45) is 0.270. The van der Waals surface area contributed by atoms with E-state index < -0.39 is 11.6 Å². The van der Waals surface area contributed by atoms with Gasteiger partial charge in [-0.2, -0.15) is 12.6 Å². The minimum absolute atomic E-state index is 0.0420. The van der Waals surface area contributed by atoms with Crippen molar-refractivity contribution in [2.75, 3.05) is 12.4 Å². The monoisotopic (exact) mass is 296 g/mol. The van der Waals surface area contributed by atoms with E-state index in [9.17, 15) is 9.90 Å². The Kier molecular flexibility index (Phi) is 5.66. The van der Waals surface area contributed by atoms with E-state index >= 15 is 0 Å². The van der Waals surface area contributed by atoms with Crippen molar-refractivity contribution < 1.29 is 14.6 Å². The highest BCUT2D eigenvalue weighted by atomic mass is 32.1. The molecule has 0 fully saturated rings. The number of ether oxygens (including phenoxy) is 1. The maximum atomic E-state index is 12.1. The zero-order valence-electron chi connectivity index (χ0n) is 12.6. The van der Waals surface area contributed by atoms with Crippen LogP contribution in [0.1, 0.15) is 45.2 Å². The molecule has 0 radical (unpaired) electrons. The first-order valence-corrected chi connectivity index (χ1v) is 7.50. The van der Waals surface area contributed by atoms with E-state index in [-0.39, 0.29) is 18.4 Å². The van der Waals surface area contributed by atoms with E-state index in [0.29, 0.717) is 11.3 Å². The number of aliphatic hydroxyl groups is 1. The van der Waals surface area contributed by atoms with E-state index in [1.165, 1.54) is 0 Å². The molecule has 1 aromatic carbocycles. The van der Waals surface area contributed by atoms with Crippen LogP contribution in [0.5, 0.6) is 0 Å². The fourth-order valence-corrected chi connectivity index (χ4v) is 2.06. The van der Waals surface area contributed by atoms with Crippen LogP contribution in [0.2, 0.25) is 0 Å². The van der Waals surface area contributed by atoms with Crippen LogP contribution in [-0.2, 0) is 20.5 Å². The molecule has 0 aliphatic heterocycles. The Morgan fingerprint density at radius 3 is 2.40 bits per heavy atom. The number of rotatable bonds is 5. The Hall–Kier alpha value is -1.00. The molecule has 1 unspecified atom stereocenters. The molecule has 112 valence electrons. The summed E-state index contributed by atoms with van der Waals surface area (Å²) >= 11 is 4.00. The third kappa shape index (κ3) is 3.76. The quantitative estimate of drug-likeness (QED) is 0.648. The summed E-state index contributed by atoms with van der Waals surface area (Å²) in [6.45, 7) is 8.25. The molecular formula is C16H24O3S. The number of thiol groups is 1. The zero-order chi connectivity index (χ0) is 15.4. The molecule has 0 saturated carbocycles. The summed E-state index contributed by atoms with van der Waals surface area (Å²) in [4.78, 5) is 12.1. The summed E-state index contributed by atoms with van der Waals surface area (Å²) in [5.41, 5.74) is 0.0182. The van der Waals surface area contributed by atoms with E-state index in [0.717, 1.165) is 5.56 Å². The smallest absolute Gasteiger partial charge is 0.342 e. The second kappa shape index (κ2) is 6.64. The fourth-order valence-electron chi connectivity index (χ4n) is 1.97. The van der Waals surface area contributed by atoms with Crippen LogP contribution in [0.4, 0.5) is 0 Å². The number of hydrogen-bond acceptors (Lipinski definition) is 4. The second-order valence-corrected chi connectivity index (χ2v) is 6.35. The molecule has 0 aromatic heterocycles. The standard InChI is InChI=1S/C16H24O3S/c1-5-16(18,14(17)19-9-10-20)13-8-6-7-12(11-13)15(2,3)4/h6-8,11,18,20H,5,9-10H2,1-4H3. The van der Waals surface area contributed by atoms with Crippen molar-refractivity contribution in [1.82, 2.24) is 0 Å². The van der Waals surface area contributed by atoms with Crippen LogP contribution in [0.3, 0.4) is 0 Å². The highest BCUT2D eigenvalue weighted by molar-refractivity contribution is 7.80. The lowest BCUT2D eigenvalue weighted by atomic mass is 9.82. The Morgan fingerprint density at radius 1 is 1.30 bits per heavy atom. The number of esters is 1. The van der Waals surface area contributed by atoms with Crippen molar-refractivity contribution in [3.8, 4) is 0 Å². The molecule has 3 nitrogen and oxygen atoms in total. The molecule has 1 N–H and O–H groups in total. The van der Waals surface area contributed by atoms with E-state index in [1.54, 1.807) is 13.0 Å². The number of benzene rings is 1. The van der Waals surface area contributed by atoms with E-state index in [1.807, 2.05) is 18.2 Å². The lowest BCUT2D eigenvalue weighted by Crippen LogP contribution is -2.37.